The summed E-state index contributed by atoms with van der Waals surface area (Å²) >= 11 is 0. The lowest BCUT2D eigenvalue weighted by atomic mass is 10.1. The number of hydrogen-bond donors (Lipinski definition) is 1. The molecule has 3 aromatic rings. The fourth-order valence-corrected chi connectivity index (χ4v) is 2.35. The minimum Gasteiger partial charge on any atom is -0.366 e. The van der Waals surface area contributed by atoms with Gasteiger partial charge < -0.3 is 10.3 Å². The van der Waals surface area contributed by atoms with E-state index in [4.69, 9.17) is 5.73 Å². The molecule has 2 N–H and O–H groups in total. The second-order valence-corrected chi connectivity index (χ2v) is 4.80. The first-order chi connectivity index (χ1) is 9.65. The van der Waals surface area contributed by atoms with Crippen LogP contribution in [0.5, 0.6) is 0 Å². The molecule has 0 unspecified atom stereocenters. The van der Waals surface area contributed by atoms with Gasteiger partial charge in [0.25, 0.3) is 0 Å². The van der Waals surface area contributed by atoms with E-state index in [9.17, 15) is 4.79 Å². The molecule has 0 aliphatic carbocycles. The van der Waals surface area contributed by atoms with Gasteiger partial charge in [0.15, 0.2) is 0 Å². The third-order valence-corrected chi connectivity index (χ3v) is 3.42. The predicted octanol–water partition coefficient (Wildman–Crippen LogP) is 2.49. The van der Waals surface area contributed by atoms with E-state index in [0.717, 1.165) is 29.0 Å². The number of amides is 1. The lowest BCUT2D eigenvalue weighted by Crippen LogP contribution is -2.11. The largest absolute Gasteiger partial charge is 0.366 e. The average molecular weight is 265 g/mol. The molecule has 0 spiro atoms. The van der Waals surface area contributed by atoms with E-state index in [2.05, 4.69) is 15.6 Å². The Morgan fingerprint density at radius 2 is 1.85 bits per heavy atom. The van der Waals surface area contributed by atoms with Crippen LogP contribution in [0, 0.1) is 6.92 Å². The van der Waals surface area contributed by atoms with Gasteiger partial charge in [0.1, 0.15) is 5.82 Å². The molecule has 100 valence electrons. The molecule has 20 heavy (non-hydrogen) atoms. The van der Waals surface area contributed by atoms with Crippen LogP contribution in [-0.2, 0) is 6.54 Å². The highest BCUT2D eigenvalue weighted by Gasteiger charge is 2.07. The molecule has 4 heteroatoms. The summed E-state index contributed by atoms with van der Waals surface area (Å²) in [5, 5.41) is 0. The summed E-state index contributed by atoms with van der Waals surface area (Å²) in [6, 6.07) is 15.4. The Kier molecular flexibility index (Phi) is 2.99. The molecule has 1 amide bonds. The van der Waals surface area contributed by atoms with Crippen molar-refractivity contribution in [2.24, 2.45) is 5.73 Å². The third-order valence-electron chi connectivity index (χ3n) is 3.42. The quantitative estimate of drug-likeness (QED) is 0.791. The molecule has 0 aliphatic heterocycles. The van der Waals surface area contributed by atoms with Gasteiger partial charge in [-0.05, 0) is 36.8 Å². The van der Waals surface area contributed by atoms with Crippen molar-refractivity contribution in [3.05, 3.63) is 65.5 Å². The molecule has 0 atom stereocenters. The Labute approximate surface area is 116 Å². The van der Waals surface area contributed by atoms with Crippen LogP contribution >= 0.6 is 0 Å². The molecule has 3 rings (SSSR count). The zero-order valence-electron chi connectivity index (χ0n) is 11.2. The summed E-state index contributed by atoms with van der Waals surface area (Å²) in [5.41, 5.74) is 9.00. The maximum absolute atomic E-state index is 11.1. The maximum atomic E-state index is 11.1. The van der Waals surface area contributed by atoms with E-state index in [1.54, 1.807) is 12.1 Å². The number of nitrogens with two attached hydrogens (primary N) is 1. The third kappa shape index (κ3) is 2.16. The van der Waals surface area contributed by atoms with Crippen molar-refractivity contribution in [1.29, 1.82) is 0 Å². The molecule has 0 saturated carbocycles. The number of carbonyl (C=O) groups excluding carboxylic acids is 1. The smallest absolute Gasteiger partial charge is 0.248 e. The zero-order chi connectivity index (χ0) is 14.1. The lowest BCUT2D eigenvalue weighted by Gasteiger charge is -2.07. The van der Waals surface area contributed by atoms with Crippen molar-refractivity contribution in [3.8, 4) is 0 Å². The van der Waals surface area contributed by atoms with Crippen molar-refractivity contribution in [2.45, 2.75) is 13.5 Å². The number of benzene rings is 2. The molecule has 0 fully saturated rings. The first kappa shape index (κ1) is 12.4. The zero-order valence-corrected chi connectivity index (χ0v) is 11.2. The number of aryl methyl sites for hydroxylation is 1. The van der Waals surface area contributed by atoms with Gasteiger partial charge in [-0.15, -0.1) is 0 Å². The van der Waals surface area contributed by atoms with E-state index in [-0.39, 0.29) is 0 Å². The van der Waals surface area contributed by atoms with Crippen LogP contribution in [-0.4, -0.2) is 15.5 Å². The van der Waals surface area contributed by atoms with Crippen molar-refractivity contribution in [1.82, 2.24) is 9.55 Å². The van der Waals surface area contributed by atoms with Crippen LogP contribution in [0.2, 0.25) is 0 Å². The van der Waals surface area contributed by atoms with Gasteiger partial charge in [-0.25, -0.2) is 4.98 Å². The Hall–Kier alpha value is -2.62. The summed E-state index contributed by atoms with van der Waals surface area (Å²) in [6.07, 6.45) is 0. The van der Waals surface area contributed by atoms with E-state index < -0.39 is 5.91 Å². The standard InChI is InChI=1S/C16H15N3O/c1-11-18-14-4-2-3-5-15(14)19(11)10-12-6-8-13(9-7-12)16(17)20/h2-9H,10H2,1H3,(H2,17,20). The number of hydrogen-bond acceptors (Lipinski definition) is 2. The van der Waals surface area contributed by atoms with E-state index >= 15 is 0 Å². The van der Waals surface area contributed by atoms with Crippen molar-refractivity contribution in [2.75, 3.05) is 0 Å². The van der Waals surface area contributed by atoms with E-state index in [1.165, 1.54) is 0 Å². The minimum atomic E-state index is -0.402. The average Bonchev–Trinajstić information content (AvgIpc) is 2.76. The van der Waals surface area contributed by atoms with Gasteiger partial charge in [-0.1, -0.05) is 24.3 Å². The molecule has 0 radical (unpaired) electrons. The molecular weight excluding hydrogens is 250 g/mol. The van der Waals surface area contributed by atoms with Crippen LogP contribution in [0.1, 0.15) is 21.7 Å². The molecule has 2 aromatic carbocycles. The van der Waals surface area contributed by atoms with Gasteiger partial charge >= 0.3 is 0 Å². The first-order valence-electron chi connectivity index (χ1n) is 6.46. The van der Waals surface area contributed by atoms with Crippen molar-refractivity contribution in [3.63, 3.8) is 0 Å². The molecule has 4 nitrogen and oxygen atoms in total. The monoisotopic (exact) mass is 265 g/mol. The Morgan fingerprint density at radius 1 is 1.15 bits per heavy atom. The van der Waals surface area contributed by atoms with Crippen LogP contribution < -0.4 is 5.73 Å². The van der Waals surface area contributed by atoms with Gasteiger partial charge in [-0.3, -0.25) is 4.79 Å². The molecule has 1 heterocycles. The number of nitrogens with zero attached hydrogens (tertiary/aromatic N) is 2. The fraction of sp³-hybridized carbons (Fsp3) is 0.125. The fourth-order valence-electron chi connectivity index (χ4n) is 2.35. The lowest BCUT2D eigenvalue weighted by molar-refractivity contribution is 0.100. The van der Waals surface area contributed by atoms with Gasteiger partial charge in [0, 0.05) is 12.1 Å². The number of fused-ring (bicyclic) bond motifs is 1. The predicted molar refractivity (Wildman–Crippen MR) is 78.5 cm³/mol. The number of imidazole rings is 1. The van der Waals surface area contributed by atoms with Crippen LogP contribution in [0.25, 0.3) is 11.0 Å². The Morgan fingerprint density at radius 3 is 2.55 bits per heavy atom. The van der Waals surface area contributed by atoms with E-state index in [1.807, 2.05) is 37.3 Å². The normalized spacial score (nSPS) is 10.8. The highest BCUT2D eigenvalue weighted by atomic mass is 16.1. The number of carbonyl (C=O) groups is 1. The number of primary amides is 1. The summed E-state index contributed by atoms with van der Waals surface area (Å²) < 4.78 is 2.16. The van der Waals surface area contributed by atoms with Gasteiger partial charge in [0.05, 0.1) is 11.0 Å². The highest BCUT2D eigenvalue weighted by Crippen LogP contribution is 2.17. The first-order valence-corrected chi connectivity index (χ1v) is 6.46. The molecule has 1 aromatic heterocycles. The van der Waals surface area contributed by atoms with Gasteiger partial charge in [0.2, 0.25) is 5.91 Å². The molecule has 0 bridgehead atoms. The second-order valence-electron chi connectivity index (χ2n) is 4.80. The summed E-state index contributed by atoms with van der Waals surface area (Å²) in [7, 11) is 0. The molecule has 0 aliphatic rings. The maximum Gasteiger partial charge on any atom is 0.248 e. The summed E-state index contributed by atoms with van der Waals surface area (Å²) in [6.45, 7) is 2.73. The minimum absolute atomic E-state index is 0.402. The van der Waals surface area contributed by atoms with Crippen LogP contribution in [0.15, 0.2) is 48.5 Å². The number of aromatic nitrogens is 2. The Balaban J connectivity index is 1.96. The van der Waals surface area contributed by atoms with Crippen molar-refractivity contribution < 1.29 is 4.79 Å². The van der Waals surface area contributed by atoms with Crippen LogP contribution in [0.4, 0.5) is 0 Å². The van der Waals surface area contributed by atoms with Crippen LogP contribution in [0.3, 0.4) is 0 Å². The number of rotatable bonds is 3. The second kappa shape index (κ2) is 4.81. The summed E-state index contributed by atoms with van der Waals surface area (Å²) in [4.78, 5) is 15.6. The van der Waals surface area contributed by atoms with Crippen molar-refractivity contribution >= 4 is 16.9 Å². The SMILES string of the molecule is Cc1nc2ccccc2n1Cc1ccc(C(N)=O)cc1. The van der Waals surface area contributed by atoms with Gasteiger partial charge in [-0.2, -0.15) is 0 Å². The highest BCUT2D eigenvalue weighted by molar-refractivity contribution is 5.92. The van der Waals surface area contributed by atoms with E-state index in [0.29, 0.717) is 5.56 Å². The molecular formula is C16H15N3O. The summed E-state index contributed by atoms with van der Waals surface area (Å²) in [5.74, 6) is 0.575. The number of para-hydroxylation sites is 2. The molecule has 0 saturated heterocycles. The topological polar surface area (TPSA) is 60.9 Å². The Bertz CT molecular complexity index is 772.